The van der Waals surface area contributed by atoms with Crippen molar-refractivity contribution in [2.24, 2.45) is 5.41 Å². The van der Waals surface area contributed by atoms with Crippen LogP contribution in [-0.2, 0) is 21.2 Å². The van der Waals surface area contributed by atoms with E-state index in [9.17, 15) is 13.2 Å². The Bertz CT molecular complexity index is 554. The third-order valence-corrected chi connectivity index (χ3v) is 4.59. The Morgan fingerprint density at radius 1 is 1.15 bits per heavy atom. The third kappa shape index (κ3) is 5.33. The largest absolute Gasteiger partial charge is 0.352 e. The molecule has 0 saturated heterocycles. The fraction of sp³-hybridized carbons (Fsp3) is 0.533. The number of amides is 1. The first-order valence-electron chi connectivity index (χ1n) is 6.72. The Balaban J connectivity index is 2.61. The molecule has 20 heavy (non-hydrogen) atoms. The van der Waals surface area contributed by atoms with Gasteiger partial charge in [0, 0.05) is 13.0 Å². The summed E-state index contributed by atoms with van der Waals surface area (Å²) in [5, 5.41) is 2.84. The van der Waals surface area contributed by atoms with E-state index in [1.165, 1.54) is 0 Å². The Morgan fingerprint density at radius 2 is 1.70 bits per heavy atom. The molecule has 0 heterocycles. The summed E-state index contributed by atoms with van der Waals surface area (Å²) >= 11 is 0. The van der Waals surface area contributed by atoms with Crippen molar-refractivity contribution in [2.75, 3.05) is 5.75 Å². The van der Waals surface area contributed by atoms with Gasteiger partial charge in [-0.25, -0.2) is 8.42 Å². The van der Waals surface area contributed by atoms with Crippen molar-refractivity contribution in [2.45, 2.75) is 45.6 Å². The summed E-state index contributed by atoms with van der Waals surface area (Å²) in [7, 11) is -3.16. The lowest BCUT2D eigenvalue weighted by Crippen LogP contribution is -2.27. The number of hydrogen-bond donors (Lipinski definition) is 1. The van der Waals surface area contributed by atoms with E-state index in [2.05, 4.69) is 5.32 Å². The summed E-state index contributed by atoms with van der Waals surface area (Å²) in [6.07, 6.45) is 0.468. The molecular formula is C15H23NO3S. The summed E-state index contributed by atoms with van der Waals surface area (Å²) < 4.78 is 23.3. The summed E-state index contributed by atoms with van der Waals surface area (Å²) in [6, 6.07) is 6.65. The second-order valence-electron chi connectivity index (χ2n) is 6.06. The van der Waals surface area contributed by atoms with E-state index < -0.39 is 9.84 Å². The number of benzene rings is 1. The SMILES string of the molecule is CCS(=O)(=O)c1ccc(CNC(=O)CC(C)(C)C)cc1. The molecule has 0 aliphatic rings. The summed E-state index contributed by atoms with van der Waals surface area (Å²) in [4.78, 5) is 12.0. The number of sulfone groups is 1. The molecule has 1 amide bonds. The topological polar surface area (TPSA) is 63.2 Å². The van der Waals surface area contributed by atoms with Gasteiger partial charge in [0.2, 0.25) is 5.91 Å². The van der Waals surface area contributed by atoms with Crippen molar-refractivity contribution in [3.8, 4) is 0 Å². The molecule has 1 aromatic rings. The molecule has 0 atom stereocenters. The highest BCUT2D eigenvalue weighted by molar-refractivity contribution is 7.91. The maximum atomic E-state index is 11.7. The molecule has 5 heteroatoms. The van der Waals surface area contributed by atoms with Gasteiger partial charge in [0.15, 0.2) is 9.84 Å². The van der Waals surface area contributed by atoms with Crippen LogP contribution in [0.15, 0.2) is 29.2 Å². The fourth-order valence-corrected chi connectivity index (χ4v) is 2.61. The van der Waals surface area contributed by atoms with Gasteiger partial charge in [0.25, 0.3) is 0 Å². The molecule has 0 fully saturated rings. The molecule has 0 aliphatic heterocycles. The summed E-state index contributed by atoms with van der Waals surface area (Å²) in [5.41, 5.74) is 0.852. The van der Waals surface area contributed by atoms with Crippen LogP contribution >= 0.6 is 0 Å². The Labute approximate surface area is 121 Å². The van der Waals surface area contributed by atoms with Crippen LogP contribution in [0.25, 0.3) is 0 Å². The van der Waals surface area contributed by atoms with Crippen LogP contribution < -0.4 is 5.32 Å². The van der Waals surface area contributed by atoms with E-state index >= 15 is 0 Å². The normalized spacial score (nSPS) is 12.2. The Kier molecular flexibility index (Phi) is 5.34. The molecular weight excluding hydrogens is 274 g/mol. The van der Waals surface area contributed by atoms with Crippen molar-refractivity contribution < 1.29 is 13.2 Å². The van der Waals surface area contributed by atoms with Gasteiger partial charge in [-0.2, -0.15) is 0 Å². The molecule has 0 radical (unpaired) electrons. The van der Waals surface area contributed by atoms with Crippen LogP contribution in [0.2, 0.25) is 0 Å². The highest BCUT2D eigenvalue weighted by Gasteiger charge is 2.15. The standard InChI is InChI=1S/C15H23NO3S/c1-5-20(18,19)13-8-6-12(7-9-13)11-16-14(17)10-15(2,3)4/h6-9H,5,10-11H2,1-4H3,(H,16,17). The summed E-state index contributed by atoms with van der Waals surface area (Å²) in [5.74, 6) is 0.0945. The molecule has 0 aliphatic carbocycles. The molecule has 112 valence electrons. The van der Waals surface area contributed by atoms with Gasteiger partial charge in [-0.05, 0) is 23.1 Å². The van der Waals surface area contributed by atoms with E-state index in [-0.39, 0.29) is 17.1 Å². The molecule has 0 bridgehead atoms. The average Bonchev–Trinajstić information content (AvgIpc) is 2.35. The zero-order chi connectivity index (χ0) is 15.4. The Hall–Kier alpha value is -1.36. The van der Waals surface area contributed by atoms with Gasteiger partial charge in [-0.3, -0.25) is 4.79 Å². The smallest absolute Gasteiger partial charge is 0.220 e. The van der Waals surface area contributed by atoms with Gasteiger partial charge < -0.3 is 5.32 Å². The molecule has 0 aromatic heterocycles. The molecule has 0 spiro atoms. The predicted octanol–water partition coefficient (Wildman–Crippen LogP) is 2.53. The highest BCUT2D eigenvalue weighted by Crippen LogP contribution is 2.18. The minimum atomic E-state index is -3.16. The lowest BCUT2D eigenvalue weighted by atomic mass is 9.92. The van der Waals surface area contributed by atoms with Crippen molar-refractivity contribution in [1.29, 1.82) is 0 Å². The molecule has 1 rings (SSSR count). The van der Waals surface area contributed by atoms with Crippen molar-refractivity contribution in [1.82, 2.24) is 5.32 Å². The summed E-state index contributed by atoms with van der Waals surface area (Å²) in [6.45, 7) is 8.07. The van der Waals surface area contributed by atoms with Crippen LogP contribution in [-0.4, -0.2) is 20.1 Å². The van der Waals surface area contributed by atoms with Crippen molar-refractivity contribution in [3.63, 3.8) is 0 Å². The van der Waals surface area contributed by atoms with E-state index in [1.54, 1.807) is 31.2 Å². The number of hydrogen-bond acceptors (Lipinski definition) is 3. The number of carbonyl (C=O) groups is 1. The first-order valence-corrected chi connectivity index (χ1v) is 8.38. The first kappa shape index (κ1) is 16.7. The highest BCUT2D eigenvalue weighted by atomic mass is 32.2. The maximum Gasteiger partial charge on any atom is 0.220 e. The minimum Gasteiger partial charge on any atom is -0.352 e. The minimum absolute atomic E-state index is 0.00255. The maximum absolute atomic E-state index is 11.7. The van der Waals surface area contributed by atoms with E-state index in [0.29, 0.717) is 17.9 Å². The second kappa shape index (κ2) is 6.39. The molecule has 1 N–H and O–H groups in total. The quantitative estimate of drug-likeness (QED) is 0.908. The Morgan fingerprint density at radius 3 is 2.15 bits per heavy atom. The number of nitrogens with one attached hydrogen (secondary N) is 1. The molecule has 0 saturated carbocycles. The lowest BCUT2D eigenvalue weighted by Gasteiger charge is -2.17. The van der Waals surface area contributed by atoms with Gasteiger partial charge in [0.05, 0.1) is 10.6 Å². The molecule has 1 aromatic carbocycles. The van der Waals surface area contributed by atoms with Crippen LogP contribution in [0.1, 0.15) is 39.7 Å². The lowest BCUT2D eigenvalue weighted by molar-refractivity contribution is -0.122. The van der Waals surface area contributed by atoms with Crippen LogP contribution in [0, 0.1) is 5.41 Å². The number of carbonyl (C=O) groups excluding carboxylic acids is 1. The van der Waals surface area contributed by atoms with E-state index in [1.807, 2.05) is 20.8 Å². The van der Waals surface area contributed by atoms with Crippen molar-refractivity contribution >= 4 is 15.7 Å². The van der Waals surface area contributed by atoms with Crippen LogP contribution in [0.3, 0.4) is 0 Å². The number of rotatable bonds is 5. The van der Waals surface area contributed by atoms with E-state index in [0.717, 1.165) is 5.56 Å². The van der Waals surface area contributed by atoms with Crippen LogP contribution in [0.4, 0.5) is 0 Å². The van der Waals surface area contributed by atoms with Gasteiger partial charge in [-0.15, -0.1) is 0 Å². The third-order valence-electron chi connectivity index (χ3n) is 2.84. The van der Waals surface area contributed by atoms with E-state index in [4.69, 9.17) is 0 Å². The first-order chi connectivity index (χ1) is 9.14. The molecule has 0 unspecified atom stereocenters. The van der Waals surface area contributed by atoms with Crippen molar-refractivity contribution in [3.05, 3.63) is 29.8 Å². The van der Waals surface area contributed by atoms with Gasteiger partial charge in [0.1, 0.15) is 0 Å². The van der Waals surface area contributed by atoms with Crippen LogP contribution in [0.5, 0.6) is 0 Å². The molecule has 4 nitrogen and oxygen atoms in total. The zero-order valence-corrected chi connectivity index (χ0v) is 13.4. The zero-order valence-electron chi connectivity index (χ0n) is 12.6. The van der Waals surface area contributed by atoms with Gasteiger partial charge >= 0.3 is 0 Å². The fourth-order valence-electron chi connectivity index (χ4n) is 1.73. The monoisotopic (exact) mass is 297 g/mol. The predicted molar refractivity (Wildman–Crippen MR) is 80.1 cm³/mol. The second-order valence-corrected chi connectivity index (χ2v) is 8.34. The average molecular weight is 297 g/mol. The van der Waals surface area contributed by atoms with Gasteiger partial charge in [-0.1, -0.05) is 39.8 Å².